The molecule has 1 saturated heterocycles. The first-order chi connectivity index (χ1) is 18.8. The molecular weight excluding hydrogens is 510 g/mol. The first kappa shape index (κ1) is 26.3. The van der Waals surface area contributed by atoms with Gasteiger partial charge in [0.05, 0.1) is 28.2 Å². The molecule has 3 heterocycles. The lowest BCUT2D eigenvalue weighted by atomic mass is 9.97. The van der Waals surface area contributed by atoms with Crippen LogP contribution in [0.4, 0.5) is 11.6 Å². The number of aryl methyl sites for hydroxylation is 1. The molecule has 0 radical (unpaired) electrons. The molecule has 2 aromatic heterocycles. The van der Waals surface area contributed by atoms with Gasteiger partial charge in [0, 0.05) is 54.2 Å². The summed E-state index contributed by atoms with van der Waals surface area (Å²) in [5.41, 5.74) is 17.9. The number of hydrogen-bond acceptors (Lipinski definition) is 6. The number of nitrogens with two attached hydrogens (primary N) is 2. The van der Waals surface area contributed by atoms with E-state index in [1.165, 1.54) is 5.69 Å². The molecular formula is C30H30ClN7O. The van der Waals surface area contributed by atoms with Crippen molar-refractivity contribution in [2.75, 3.05) is 43.9 Å². The highest BCUT2D eigenvalue weighted by atomic mass is 35.5. The number of likely N-dealkylation sites (N-methyl/N-ethyl adjacent to an activating group) is 1. The highest BCUT2D eigenvalue weighted by Gasteiger charge is 2.25. The van der Waals surface area contributed by atoms with Gasteiger partial charge in [-0.15, -0.1) is 0 Å². The molecule has 0 unspecified atom stereocenters. The van der Waals surface area contributed by atoms with Crippen LogP contribution in [0.2, 0.25) is 5.02 Å². The number of amides is 1. The maximum Gasteiger partial charge on any atom is 0.252 e. The van der Waals surface area contributed by atoms with Crippen LogP contribution in [0, 0.1) is 11.8 Å². The van der Waals surface area contributed by atoms with Gasteiger partial charge in [0.25, 0.3) is 5.91 Å². The largest absolute Gasteiger partial charge is 0.369 e. The second-order valence-corrected chi connectivity index (χ2v) is 9.97. The Labute approximate surface area is 233 Å². The molecule has 5 N–H and O–H groups in total. The molecule has 0 atom stereocenters. The molecule has 9 heteroatoms. The third-order valence-corrected chi connectivity index (χ3v) is 7.20. The minimum absolute atomic E-state index is 0.111. The van der Waals surface area contributed by atoms with Crippen molar-refractivity contribution < 1.29 is 4.79 Å². The van der Waals surface area contributed by atoms with E-state index in [1.807, 2.05) is 37.3 Å². The molecule has 1 fully saturated rings. The average molecular weight is 540 g/mol. The van der Waals surface area contributed by atoms with Crippen LogP contribution in [0.25, 0.3) is 22.6 Å². The van der Waals surface area contributed by atoms with Crippen molar-refractivity contribution in [3.8, 4) is 34.5 Å². The molecule has 8 nitrogen and oxygen atoms in total. The van der Waals surface area contributed by atoms with Gasteiger partial charge in [-0.1, -0.05) is 36.4 Å². The Balaban J connectivity index is 1.61. The van der Waals surface area contributed by atoms with Crippen LogP contribution < -0.4 is 16.4 Å². The molecule has 0 saturated carbocycles. The predicted octanol–water partition coefficient (Wildman–Crippen LogP) is 4.19. The summed E-state index contributed by atoms with van der Waals surface area (Å²) < 4.78 is 0. The summed E-state index contributed by atoms with van der Waals surface area (Å²) >= 11 is 6.36. The molecule has 198 valence electrons. The predicted molar refractivity (Wildman–Crippen MR) is 157 cm³/mol. The highest BCUT2D eigenvalue weighted by molar-refractivity contribution is 6.31. The molecule has 4 aromatic rings. The summed E-state index contributed by atoms with van der Waals surface area (Å²) in [5.74, 6) is 5.93. The van der Waals surface area contributed by atoms with Crippen molar-refractivity contribution >= 4 is 29.1 Å². The number of nitrogen functional groups attached to an aromatic ring is 1. The lowest BCUT2D eigenvalue weighted by molar-refractivity contribution is 0.100. The zero-order chi connectivity index (χ0) is 27.5. The third-order valence-electron chi connectivity index (χ3n) is 6.97. The first-order valence-electron chi connectivity index (χ1n) is 12.8. The fourth-order valence-electron chi connectivity index (χ4n) is 4.82. The van der Waals surface area contributed by atoms with Gasteiger partial charge >= 0.3 is 0 Å². The van der Waals surface area contributed by atoms with Crippen LogP contribution in [0.15, 0.2) is 54.7 Å². The number of carbonyl (C=O) groups excluding carboxylic acids is 1. The zero-order valence-corrected chi connectivity index (χ0v) is 22.7. The zero-order valence-electron chi connectivity index (χ0n) is 22.0. The number of anilines is 2. The average Bonchev–Trinajstić information content (AvgIpc) is 3.32. The number of H-pyrrole nitrogens is 1. The van der Waals surface area contributed by atoms with E-state index >= 15 is 0 Å². The Morgan fingerprint density at radius 1 is 1.05 bits per heavy atom. The minimum atomic E-state index is -0.605. The normalized spacial score (nSPS) is 13.7. The Bertz CT molecular complexity index is 1580. The number of hydrogen-bond donors (Lipinski definition) is 3. The molecule has 1 aliphatic rings. The number of aromatic nitrogens is 3. The Hall–Kier alpha value is -4.32. The van der Waals surface area contributed by atoms with Gasteiger partial charge in [0.2, 0.25) is 5.95 Å². The summed E-state index contributed by atoms with van der Waals surface area (Å²) in [6, 6.07) is 15.5. The molecule has 0 aliphatic carbocycles. The number of rotatable bonds is 5. The van der Waals surface area contributed by atoms with Crippen molar-refractivity contribution in [2.45, 2.75) is 13.3 Å². The van der Waals surface area contributed by atoms with E-state index in [9.17, 15) is 4.79 Å². The van der Waals surface area contributed by atoms with Crippen molar-refractivity contribution in [1.82, 2.24) is 19.9 Å². The quantitative estimate of drug-likeness (QED) is 0.327. The van der Waals surface area contributed by atoms with E-state index in [-0.39, 0.29) is 11.5 Å². The van der Waals surface area contributed by atoms with Gasteiger partial charge in [-0.25, -0.2) is 9.97 Å². The van der Waals surface area contributed by atoms with Gasteiger partial charge in [0.15, 0.2) is 0 Å². The second kappa shape index (κ2) is 11.2. The van der Waals surface area contributed by atoms with Crippen molar-refractivity contribution in [3.05, 3.63) is 82.0 Å². The second-order valence-electron chi connectivity index (χ2n) is 9.53. The Morgan fingerprint density at radius 2 is 1.79 bits per heavy atom. The number of piperazine rings is 1. The maximum absolute atomic E-state index is 12.9. The summed E-state index contributed by atoms with van der Waals surface area (Å²) in [5, 5.41) is 0.549. The minimum Gasteiger partial charge on any atom is -0.369 e. The molecule has 5 rings (SSSR count). The van der Waals surface area contributed by atoms with Gasteiger partial charge in [-0.05, 0) is 61.5 Å². The van der Waals surface area contributed by atoms with E-state index in [2.05, 4.69) is 55.8 Å². The van der Waals surface area contributed by atoms with Gasteiger partial charge in [-0.3, -0.25) is 4.79 Å². The van der Waals surface area contributed by atoms with Crippen LogP contribution in [0.5, 0.6) is 0 Å². The summed E-state index contributed by atoms with van der Waals surface area (Å²) in [6.45, 7) is 6.10. The highest BCUT2D eigenvalue weighted by Crippen LogP contribution is 2.36. The molecule has 39 heavy (non-hydrogen) atoms. The van der Waals surface area contributed by atoms with E-state index < -0.39 is 5.91 Å². The molecule has 2 aromatic carbocycles. The number of halogens is 1. The topological polar surface area (TPSA) is 117 Å². The van der Waals surface area contributed by atoms with E-state index in [0.29, 0.717) is 27.7 Å². The molecule has 1 amide bonds. The fraction of sp³-hybridized carbons (Fsp3) is 0.233. The molecule has 0 spiro atoms. The molecule has 1 aliphatic heterocycles. The van der Waals surface area contributed by atoms with Gasteiger partial charge in [-0.2, -0.15) is 0 Å². The first-order valence-corrected chi connectivity index (χ1v) is 13.2. The monoisotopic (exact) mass is 539 g/mol. The van der Waals surface area contributed by atoms with Crippen LogP contribution in [0.3, 0.4) is 0 Å². The van der Waals surface area contributed by atoms with E-state index in [0.717, 1.165) is 49.3 Å². The third kappa shape index (κ3) is 5.60. The van der Waals surface area contributed by atoms with Crippen LogP contribution in [0.1, 0.15) is 34.0 Å². The summed E-state index contributed by atoms with van der Waals surface area (Å²) in [4.78, 5) is 29.3. The summed E-state index contributed by atoms with van der Waals surface area (Å²) in [6.07, 6.45) is 2.30. The number of carbonyl (C=O) groups is 1. The van der Waals surface area contributed by atoms with Crippen LogP contribution in [-0.2, 0) is 6.42 Å². The van der Waals surface area contributed by atoms with Crippen molar-refractivity contribution in [2.24, 2.45) is 5.73 Å². The molecule has 0 bridgehead atoms. The van der Waals surface area contributed by atoms with E-state index in [4.69, 9.17) is 23.1 Å². The SMILES string of the molecule is CCc1ccc(Cl)cc1-c1[nH]c(-c2ccnc(N)n2)c(C#Cc2ccc(N3CCN(C)CC3)cc2)c1C(N)=O. The van der Waals surface area contributed by atoms with Crippen molar-refractivity contribution in [1.29, 1.82) is 0 Å². The lowest BCUT2D eigenvalue weighted by Gasteiger charge is -2.34. The van der Waals surface area contributed by atoms with Gasteiger partial charge in [0.1, 0.15) is 0 Å². The number of primary amides is 1. The maximum atomic E-state index is 12.9. The Morgan fingerprint density at radius 3 is 2.46 bits per heavy atom. The smallest absolute Gasteiger partial charge is 0.252 e. The van der Waals surface area contributed by atoms with Gasteiger partial charge < -0.3 is 26.3 Å². The fourth-order valence-corrected chi connectivity index (χ4v) is 5.00. The van der Waals surface area contributed by atoms with E-state index in [1.54, 1.807) is 12.3 Å². The number of benzene rings is 2. The number of nitrogens with zero attached hydrogens (tertiary/aromatic N) is 4. The summed E-state index contributed by atoms with van der Waals surface area (Å²) in [7, 11) is 2.14. The number of nitrogens with one attached hydrogen (secondary N) is 1. The number of aromatic amines is 1. The van der Waals surface area contributed by atoms with Crippen molar-refractivity contribution in [3.63, 3.8) is 0 Å². The lowest BCUT2D eigenvalue weighted by Crippen LogP contribution is -2.44. The Kier molecular flexibility index (Phi) is 7.55. The standard InChI is InChI=1S/C30H30ClN7O/c1-3-20-7-8-21(31)18-24(20)28-26(29(32)39)23(27(36-28)25-12-13-34-30(33)35-25)11-6-19-4-9-22(10-5-19)38-16-14-37(2)15-17-38/h4-5,7-10,12-13,18,36H,3,14-17H2,1-2H3,(H2,32,39)(H2,33,34,35). The van der Waals surface area contributed by atoms with Crippen LogP contribution in [-0.4, -0.2) is 59.0 Å². The van der Waals surface area contributed by atoms with Crippen LogP contribution >= 0.6 is 11.6 Å².